The summed E-state index contributed by atoms with van der Waals surface area (Å²) in [5, 5.41) is -0.0570. The van der Waals surface area contributed by atoms with Crippen molar-refractivity contribution in [3.8, 4) is 0 Å². The molecule has 1 aromatic carbocycles. The van der Waals surface area contributed by atoms with Gasteiger partial charge in [-0.3, -0.25) is 4.79 Å². The first kappa shape index (κ1) is 11.8. The molecule has 17 heavy (non-hydrogen) atoms. The molecule has 0 spiro atoms. The number of aryl methyl sites for hydroxylation is 1. The minimum atomic E-state index is -0.535. The van der Waals surface area contributed by atoms with Crippen molar-refractivity contribution >= 4 is 17.4 Å². The molecule has 0 aliphatic carbocycles. The summed E-state index contributed by atoms with van der Waals surface area (Å²) < 4.78 is 14.7. The van der Waals surface area contributed by atoms with Gasteiger partial charge in [-0.05, 0) is 25.1 Å². The van der Waals surface area contributed by atoms with E-state index in [2.05, 4.69) is 4.98 Å². The highest BCUT2D eigenvalue weighted by Crippen LogP contribution is 2.18. The van der Waals surface area contributed by atoms with Gasteiger partial charge in [0, 0.05) is 12.1 Å². The Morgan fingerprint density at radius 1 is 1.53 bits per heavy atom. The lowest BCUT2D eigenvalue weighted by Crippen LogP contribution is -2.08. The van der Waals surface area contributed by atoms with Crippen LogP contribution in [-0.2, 0) is 6.54 Å². The molecule has 2 aromatic rings. The number of imidazole rings is 1. The monoisotopic (exact) mass is 252 g/mol. The standard InChI is InChI=1S/C12H10ClFN2O/c1-2-16-7-15-6-11(16)12(17)8-3-4-10(14)9(13)5-8/h3-7H,2H2,1H3. The van der Waals surface area contributed by atoms with E-state index in [4.69, 9.17) is 11.6 Å². The third-order valence-corrected chi connectivity index (χ3v) is 2.76. The lowest BCUT2D eigenvalue weighted by Gasteiger charge is -2.04. The fourth-order valence-corrected chi connectivity index (χ4v) is 1.73. The molecule has 0 saturated carbocycles. The Morgan fingerprint density at radius 2 is 2.29 bits per heavy atom. The number of nitrogens with zero attached hydrogens (tertiary/aromatic N) is 2. The van der Waals surface area contributed by atoms with Crippen molar-refractivity contribution in [3.05, 3.63) is 52.8 Å². The Kier molecular flexibility index (Phi) is 3.24. The van der Waals surface area contributed by atoms with Gasteiger partial charge in [0.05, 0.1) is 17.5 Å². The summed E-state index contributed by atoms with van der Waals surface area (Å²) in [6.45, 7) is 2.56. The van der Waals surface area contributed by atoms with E-state index in [0.717, 1.165) is 0 Å². The molecule has 0 amide bonds. The van der Waals surface area contributed by atoms with E-state index in [1.54, 1.807) is 10.9 Å². The average molecular weight is 253 g/mol. The van der Waals surface area contributed by atoms with Crippen LogP contribution in [0.25, 0.3) is 0 Å². The summed E-state index contributed by atoms with van der Waals surface area (Å²) in [6, 6.07) is 3.92. The Morgan fingerprint density at radius 3 is 2.94 bits per heavy atom. The van der Waals surface area contributed by atoms with Crippen molar-refractivity contribution in [3.63, 3.8) is 0 Å². The molecular formula is C12H10ClFN2O. The second-order valence-corrected chi connectivity index (χ2v) is 3.93. The van der Waals surface area contributed by atoms with E-state index in [-0.39, 0.29) is 10.8 Å². The number of halogens is 2. The molecule has 2 rings (SSSR count). The van der Waals surface area contributed by atoms with E-state index in [9.17, 15) is 9.18 Å². The van der Waals surface area contributed by atoms with Crippen LogP contribution < -0.4 is 0 Å². The average Bonchev–Trinajstić information content (AvgIpc) is 2.80. The molecule has 0 aliphatic rings. The Bertz CT molecular complexity index is 565. The van der Waals surface area contributed by atoms with Gasteiger partial charge in [-0.2, -0.15) is 0 Å². The molecule has 88 valence electrons. The number of hydrogen-bond donors (Lipinski definition) is 0. The first-order valence-electron chi connectivity index (χ1n) is 5.13. The van der Waals surface area contributed by atoms with E-state index < -0.39 is 5.82 Å². The summed E-state index contributed by atoms with van der Waals surface area (Å²) >= 11 is 5.64. The van der Waals surface area contributed by atoms with E-state index in [0.29, 0.717) is 17.8 Å². The topological polar surface area (TPSA) is 34.9 Å². The highest BCUT2D eigenvalue weighted by molar-refractivity contribution is 6.31. The number of rotatable bonds is 3. The molecule has 1 heterocycles. The van der Waals surface area contributed by atoms with Crippen molar-refractivity contribution in [2.24, 2.45) is 0 Å². The predicted octanol–water partition coefficient (Wildman–Crippen LogP) is 2.93. The molecule has 5 heteroatoms. The Balaban J connectivity index is 2.40. The number of ketones is 1. The van der Waals surface area contributed by atoms with Gasteiger partial charge in [0.1, 0.15) is 11.5 Å². The molecule has 0 N–H and O–H groups in total. The second-order valence-electron chi connectivity index (χ2n) is 3.52. The molecule has 0 bridgehead atoms. The van der Waals surface area contributed by atoms with Gasteiger partial charge in [0.15, 0.2) is 0 Å². The zero-order valence-corrected chi connectivity index (χ0v) is 9.91. The molecule has 0 saturated heterocycles. The quantitative estimate of drug-likeness (QED) is 0.788. The zero-order valence-electron chi connectivity index (χ0n) is 9.15. The summed E-state index contributed by atoms with van der Waals surface area (Å²) in [7, 11) is 0. The van der Waals surface area contributed by atoms with Crippen LogP contribution in [-0.4, -0.2) is 15.3 Å². The smallest absolute Gasteiger partial charge is 0.211 e. The van der Waals surface area contributed by atoms with Crippen LogP contribution >= 0.6 is 11.6 Å². The highest BCUT2D eigenvalue weighted by atomic mass is 35.5. The van der Waals surface area contributed by atoms with Crippen LogP contribution in [0.2, 0.25) is 5.02 Å². The van der Waals surface area contributed by atoms with Crippen molar-refractivity contribution in [2.45, 2.75) is 13.5 Å². The van der Waals surface area contributed by atoms with Gasteiger partial charge in [-0.15, -0.1) is 0 Å². The molecule has 1 aromatic heterocycles. The fourth-order valence-electron chi connectivity index (χ4n) is 1.55. The van der Waals surface area contributed by atoms with Gasteiger partial charge >= 0.3 is 0 Å². The predicted molar refractivity (Wildman–Crippen MR) is 62.7 cm³/mol. The van der Waals surface area contributed by atoms with Crippen LogP contribution in [0, 0.1) is 5.82 Å². The maximum absolute atomic E-state index is 13.0. The number of benzene rings is 1. The van der Waals surface area contributed by atoms with Gasteiger partial charge in [0.25, 0.3) is 0 Å². The van der Waals surface area contributed by atoms with Crippen molar-refractivity contribution in [1.29, 1.82) is 0 Å². The van der Waals surface area contributed by atoms with Gasteiger partial charge < -0.3 is 4.57 Å². The van der Waals surface area contributed by atoms with Gasteiger partial charge in [0.2, 0.25) is 5.78 Å². The number of carbonyl (C=O) groups is 1. The summed E-state index contributed by atoms with van der Waals surface area (Å²) in [4.78, 5) is 16.0. The lowest BCUT2D eigenvalue weighted by molar-refractivity contribution is 0.103. The SMILES string of the molecule is CCn1cncc1C(=O)c1ccc(F)c(Cl)c1. The van der Waals surface area contributed by atoms with Gasteiger partial charge in [-0.1, -0.05) is 11.6 Å². The molecule has 3 nitrogen and oxygen atoms in total. The third-order valence-electron chi connectivity index (χ3n) is 2.47. The molecule has 0 unspecified atom stereocenters. The number of carbonyl (C=O) groups excluding carboxylic acids is 1. The Hall–Kier alpha value is -1.68. The summed E-state index contributed by atoms with van der Waals surface area (Å²) in [6.07, 6.45) is 3.07. The fraction of sp³-hybridized carbons (Fsp3) is 0.167. The summed E-state index contributed by atoms with van der Waals surface area (Å²) in [5.74, 6) is -0.751. The molecule has 0 atom stereocenters. The third kappa shape index (κ3) is 2.22. The normalized spacial score (nSPS) is 10.5. The van der Waals surface area contributed by atoms with E-state index in [1.165, 1.54) is 24.4 Å². The van der Waals surface area contributed by atoms with Crippen molar-refractivity contribution in [1.82, 2.24) is 9.55 Å². The highest BCUT2D eigenvalue weighted by Gasteiger charge is 2.14. The van der Waals surface area contributed by atoms with Crippen molar-refractivity contribution in [2.75, 3.05) is 0 Å². The van der Waals surface area contributed by atoms with E-state index in [1.807, 2.05) is 6.92 Å². The van der Waals surface area contributed by atoms with Gasteiger partial charge in [-0.25, -0.2) is 9.37 Å². The molecule has 0 radical (unpaired) electrons. The maximum atomic E-state index is 13.0. The molecule has 0 fully saturated rings. The summed E-state index contributed by atoms with van der Waals surface area (Å²) in [5.41, 5.74) is 0.821. The minimum absolute atomic E-state index is 0.0570. The van der Waals surface area contributed by atoms with Crippen LogP contribution in [0.4, 0.5) is 4.39 Å². The first-order valence-corrected chi connectivity index (χ1v) is 5.51. The molecule has 0 aliphatic heterocycles. The number of hydrogen-bond acceptors (Lipinski definition) is 2. The lowest BCUT2D eigenvalue weighted by atomic mass is 10.1. The number of aromatic nitrogens is 2. The van der Waals surface area contributed by atoms with Crippen LogP contribution in [0.5, 0.6) is 0 Å². The van der Waals surface area contributed by atoms with Crippen molar-refractivity contribution < 1.29 is 9.18 Å². The van der Waals surface area contributed by atoms with Crippen LogP contribution in [0.15, 0.2) is 30.7 Å². The minimum Gasteiger partial charge on any atom is -0.328 e. The largest absolute Gasteiger partial charge is 0.328 e. The Labute approximate surface area is 103 Å². The first-order chi connectivity index (χ1) is 8.13. The van der Waals surface area contributed by atoms with E-state index >= 15 is 0 Å². The van der Waals surface area contributed by atoms with Crippen LogP contribution in [0.3, 0.4) is 0 Å². The maximum Gasteiger partial charge on any atom is 0.211 e. The molecular weight excluding hydrogens is 243 g/mol. The zero-order chi connectivity index (χ0) is 12.4. The van der Waals surface area contributed by atoms with Crippen LogP contribution in [0.1, 0.15) is 23.0 Å². The second kappa shape index (κ2) is 4.67.